The van der Waals surface area contributed by atoms with Gasteiger partial charge >= 0.3 is 0 Å². The molecule has 1 saturated heterocycles. The summed E-state index contributed by atoms with van der Waals surface area (Å²) in [6.07, 6.45) is 1.35. The van der Waals surface area contributed by atoms with Crippen molar-refractivity contribution in [2.75, 3.05) is 13.1 Å². The van der Waals surface area contributed by atoms with Gasteiger partial charge in [-0.05, 0) is 37.1 Å². The molecule has 1 aromatic heterocycles. The minimum absolute atomic E-state index is 0.0150. The monoisotopic (exact) mass is 444 g/mol. The summed E-state index contributed by atoms with van der Waals surface area (Å²) in [5, 5.41) is 18.9. The molecule has 0 saturated carbocycles. The third-order valence-corrected chi connectivity index (χ3v) is 6.89. The number of nitro groups is 1. The van der Waals surface area contributed by atoms with Crippen LogP contribution in [0.2, 0.25) is 0 Å². The molecule has 1 unspecified atom stereocenters. The van der Waals surface area contributed by atoms with Crippen molar-refractivity contribution < 1.29 is 22.5 Å². The maximum atomic E-state index is 13.0. The standard InChI is InChI=1S/C20H20N4O6S/c25-24(26)16-8-10-18(11-9-16)31(27,28)23-12-4-5-15(13-23)20-22-21-19(30-20)14-29-17-6-2-1-3-7-17/h1-3,6-11,15H,4-5,12-14H2. The van der Waals surface area contributed by atoms with E-state index < -0.39 is 14.9 Å². The number of rotatable bonds is 7. The first kappa shape index (κ1) is 20.9. The summed E-state index contributed by atoms with van der Waals surface area (Å²) in [5.74, 6) is 1.13. The van der Waals surface area contributed by atoms with Crippen LogP contribution in [0.4, 0.5) is 5.69 Å². The van der Waals surface area contributed by atoms with Crippen LogP contribution < -0.4 is 4.74 Å². The molecule has 0 amide bonds. The molecule has 10 nitrogen and oxygen atoms in total. The molecule has 2 heterocycles. The molecule has 1 aliphatic rings. The minimum atomic E-state index is -3.79. The van der Waals surface area contributed by atoms with Gasteiger partial charge in [-0.1, -0.05) is 18.2 Å². The van der Waals surface area contributed by atoms with Gasteiger partial charge in [-0.25, -0.2) is 8.42 Å². The van der Waals surface area contributed by atoms with E-state index in [0.29, 0.717) is 36.9 Å². The van der Waals surface area contributed by atoms with Gasteiger partial charge in [0.25, 0.3) is 11.6 Å². The lowest BCUT2D eigenvalue weighted by molar-refractivity contribution is -0.384. The Morgan fingerprint density at radius 2 is 1.87 bits per heavy atom. The van der Waals surface area contributed by atoms with Gasteiger partial charge in [-0.3, -0.25) is 10.1 Å². The van der Waals surface area contributed by atoms with Crippen LogP contribution in [-0.4, -0.2) is 40.9 Å². The first-order chi connectivity index (χ1) is 14.9. The molecule has 0 aliphatic carbocycles. The Labute approximate surface area is 178 Å². The number of piperidine rings is 1. The quantitative estimate of drug-likeness (QED) is 0.401. The molecule has 1 aliphatic heterocycles. The Bertz CT molecular complexity index is 1150. The number of ether oxygens (including phenoxy) is 1. The highest BCUT2D eigenvalue weighted by molar-refractivity contribution is 7.89. The van der Waals surface area contributed by atoms with E-state index in [0.717, 1.165) is 0 Å². The number of hydrogen-bond acceptors (Lipinski definition) is 8. The zero-order valence-electron chi connectivity index (χ0n) is 16.5. The first-order valence-corrected chi connectivity index (χ1v) is 11.1. The van der Waals surface area contributed by atoms with Crippen molar-refractivity contribution in [3.05, 3.63) is 76.5 Å². The Balaban J connectivity index is 1.43. The van der Waals surface area contributed by atoms with Gasteiger partial charge in [0, 0.05) is 25.2 Å². The predicted octanol–water partition coefficient (Wildman–Crippen LogP) is 3.13. The van der Waals surface area contributed by atoms with Crippen LogP contribution in [0.5, 0.6) is 5.75 Å². The molecule has 2 aromatic carbocycles. The van der Waals surface area contributed by atoms with E-state index in [4.69, 9.17) is 9.15 Å². The maximum absolute atomic E-state index is 13.0. The topological polar surface area (TPSA) is 129 Å². The molecular weight excluding hydrogens is 424 g/mol. The lowest BCUT2D eigenvalue weighted by atomic mass is 10.00. The van der Waals surface area contributed by atoms with Gasteiger partial charge in [-0.2, -0.15) is 4.31 Å². The fourth-order valence-electron chi connectivity index (χ4n) is 3.40. The van der Waals surface area contributed by atoms with Crippen molar-refractivity contribution in [1.82, 2.24) is 14.5 Å². The third-order valence-electron chi connectivity index (χ3n) is 5.01. The summed E-state index contributed by atoms with van der Waals surface area (Å²) in [5.41, 5.74) is -0.161. The number of benzene rings is 2. The fraction of sp³-hybridized carbons (Fsp3) is 0.300. The molecule has 1 atom stereocenters. The van der Waals surface area contributed by atoms with E-state index >= 15 is 0 Å². The van der Waals surface area contributed by atoms with Crippen LogP contribution in [-0.2, 0) is 16.6 Å². The molecule has 0 spiro atoms. The van der Waals surface area contributed by atoms with E-state index in [9.17, 15) is 18.5 Å². The van der Waals surface area contributed by atoms with Gasteiger partial charge in [0.2, 0.25) is 15.9 Å². The Morgan fingerprint density at radius 3 is 2.58 bits per heavy atom. The highest BCUT2D eigenvalue weighted by Gasteiger charge is 2.33. The van der Waals surface area contributed by atoms with Crippen molar-refractivity contribution in [3.8, 4) is 5.75 Å². The largest absolute Gasteiger partial charge is 0.484 e. The summed E-state index contributed by atoms with van der Waals surface area (Å²) >= 11 is 0. The smallest absolute Gasteiger partial charge is 0.269 e. The van der Waals surface area contributed by atoms with Gasteiger partial charge in [-0.15, -0.1) is 10.2 Å². The van der Waals surface area contributed by atoms with E-state index in [1.54, 1.807) is 0 Å². The summed E-state index contributed by atoms with van der Waals surface area (Å²) in [6.45, 7) is 0.670. The maximum Gasteiger partial charge on any atom is 0.269 e. The summed E-state index contributed by atoms with van der Waals surface area (Å²) in [4.78, 5) is 10.3. The van der Waals surface area contributed by atoms with Gasteiger partial charge in [0.05, 0.1) is 15.7 Å². The molecule has 0 radical (unpaired) electrons. The molecule has 4 rings (SSSR count). The molecular formula is C20H20N4O6S. The first-order valence-electron chi connectivity index (χ1n) is 9.68. The van der Waals surface area contributed by atoms with Crippen molar-refractivity contribution in [1.29, 1.82) is 0 Å². The number of nitro benzene ring substituents is 1. The Morgan fingerprint density at radius 1 is 1.13 bits per heavy atom. The third kappa shape index (κ3) is 4.72. The SMILES string of the molecule is O=[N+]([O-])c1ccc(S(=O)(=O)N2CCCC(c3nnc(COc4ccccc4)o3)C2)cc1. The number of para-hydroxylation sites is 1. The summed E-state index contributed by atoms with van der Waals surface area (Å²) in [6, 6.07) is 14.1. The normalized spacial score (nSPS) is 17.4. The van der Waals surface area contributed by atoms with Crippen molar-refractivity contribution in [3.63, 3.8) is 0 Å². The number of sulfonamides is 1. The Kier molecular flexibility index (Phi) is 5.96. The van der Waals surface area contributed by atoms with Gasteiger partial charge < -0.3 is 9.15 Å². The van der Waals surface area contributed by atoms with Gasteiger partial charge in [0.1, 0.15) is 5.75 Å². The zero-order valence-corrected chi connectivity index (χ0v) is 17.3. The van der Waals surface area contributed by atoms with Crippen molar-refractivity contribution in [2.45, 2.75) is 30.3 Å². The second-order valence-corrected chi connectivity index (χ2v) is 9.03. The summed E-state index contributed by atoms with van der Waals surface area (Å²) in [7, 11) is -3.79. The number of non-ortho nitro benzene ring substituents is 1. The molecule has 162 valence electrons. The number of nitrogens with zero attached hydrogens (tertiary/aromatic N) is 4. The van der Waals surface area contributed by atoms with Crippen LogP contribution in [0.15, 0.2) is 63.9 Å². The molecule has 0 N–H and O–H groups in total. The molecule has 0 bridgehead atoms. The number of aromatic nitrogens is 2. The average molecular weight is 444 g/mol. The van der Waals surface area contributed by atoms with Crippen molar-refractivity contribution in [2.24, 2.45) is 0 Å². The van der Waals surface area contributed by atoms with Crippen LogP contribution in [0.1, 0.15) is 30.5 Å². The lowest BCUT2D eigenvalue weighted by Gasteiger charge is -2.30. The molecule has 11 heteroatoms. The van der Waals surface area contributed by atoms with Crippen LogP contribution >= 0.6 is 0 Å². The van der Waals surface area contributed by atoms with Crippen LogP contribution in [0.25, 0.3) is 0 Å². The molecule has 3 aromatic rings. The van der Waals surface area contributed by atoms with E-state index in [1.807, 2.05) is 30.3 Å². The summed E-state index contributed by atoms with van der Waals surface area (Å²) < 4.78 is 38.6. The second kappa shape index (κ2) is 8.82. The number of hydrogen-bond donors (Lipinski definition) is 0. The van der Waals surface area contributed by atoms with Crippen molar-refractivity contribution >= 4 is 15.7 Å². The van der Waals surface area contributed by atoms with Gasteiger partial charge in [0.15, 0.2) is 6.61 Å². The Hall–Kier alpha value is -3.31. The lowest BCUT2D eigenvalue weighted by Crippen LogP contribution is -2.39. The second-order valence-electron chi connectivity index (χ2n) is 7.09. The van der Waals surface area contributed by atoms with E-state index in [2.05, 4.69) is 10.2 Å². The van der Waals surface area contributed by atoms with Crippen LogP contribution in [0, 0.1) is 10.1 Å². The van der Waals surface area contributed by atoms with E-state index in [-0.39, 0.29) is 29.7 Å². The molecule has 31 heavy (non-hydrogen) atoms. The minimum Gasteiger partial charge on any atom is -0.484 e. The van der Waals surface area contributed by atoms with Crippen LogP contribution in [0.3, 0.4) is 0 Å². The van der Waals surface area contributed by atoms with E-state index in [1.165, 1.54) is 28.6 Å². The fourth-order valence-corrected chi connectivity index (χ4v) is 4.93. The highest BCUT2D eigenvalue weighted by atomic mass is 32.2. The molecule has 1 fully saturated rings. The highest BCUT2D eigenvalue weighted by Crippen LogP contribution is 2.30. The predicted molar refractivity (Wildman–Crippen MR) is 109 cm³/mol. The zero-order chi connectivity index (χ0) is 21.8. The average Bonchev–Trinajstić information content (AvgIpc) is 3.28.